The minimum atomic E-state index is -0.225. The van der Waals surface area contributed by atoms with E-state index in [1.165, 1.54) is 0 Å². The summed E-state index contributed by atoms with van der Waals surface area (Å²) in [5.41, 5.74) is 8.36. The Bertz CT molecular complexity index is 609. The fourth-order valence-electron chi connectivity index (χ4n) is 1.84. The second-order valence-corrected chi connectivity index (χ2v) is 4.33. The van der Waals surface area contributed by atoms with Crippen LogP contribution in [0.5, 0.6) is 5.75 Å². The number of anilines is 1. The molecule has 0 heterocycles. The van der Waals surface area contributed by atoms with Gasteiger partial charge in [-0.15, -0.1) is 0 Å². The molecule has 0 radical (unpaired) electrons. The molecule has 0 unspecified atom stereocenters. The van der Waals surface area contributed by atoms with Crippen LogP contribution in [-0.2, 0) is 6.54 Å². The van der Waals surface area contributed by atoms with Crippen LogP contribution in [-0.4, -0.2) is 11.0 Å². The Kier molecular flexibility index (Phi) is 3.71. The third-order valence-electron chi connectivity index (χ3n) is 3.04. The van der Waals surface area contributed by atoms with Gasteiger partial charge in [0, 0.05) is 23.4 Å². The number of aromatic hydroxyl groups is 1. The quantitative estimate of drug-likeness (QED) is 0.737. The van der Waals surface area contributed by atoms with Gasteiger partial charge in [0.1, 0.15) is 5.75 Å². The van der Waals surface area contributed by atoms with Crippen LogP contribution >= 0.6 is 0 Å². The van der Waals surface area contributed by atoms with E-state index in [0.29, 0.717) is 23.4 Å². The van der Waals surface area contributed by atoms with Gasteiger partial charge >= 0.3 is 0 Å². The van der Waals surface area contributed by atoms with Gasteiger partial charge in [-0.3, -0.25) is 4.79 Å². The van der Waals surface area contributed by atoms with Gasteiger partial charge < -0.3 is 16.2 Å². The summed E-state index contributed by atoms with van der Waals surface area (Å²) in [5, 5.41) is 12.4. The van der Waals surface area contributed by atoms with Crippen molar-refractivity contribution in [3.63, 3.8) is 0 Å². The van der Waals surface area contributed by atoms with Gasteiger partial charge in [-0.05, 0) is 30.7 Å². The first-order valence-corrected chi connectivity index (χ1v) is 5.99. The Morgan fingerprint density at radius 2 is 1.95 bits per heavy atom. The maximum absolute atomic E-state index is 12.0. The van der Waals surface area contributed by atoms with Crippen LogP contribution in [0.1, 0.15) is 21.5 Å². The van der Waals surface area contributed by atoms with Crippen LogP contribution in [0.2, 0.25) is 0 Å². The lowest BCUT2D eigenvalue weighted by Gasteiger charge is -2.10. The Labute approximate surface area is 111 Å². The highest BCUT2D eigenvalue weighted by Gasteiger charge is 2.11. The number of carbonyl (C=O) groups excluding carboxylic acids is 1. The monoisotopic (exact) mass is 256 g/mol. The van der Waals surface area contributed by atoms with E-state index in [2.05, 4.69) is 5.32 Å². The normalized spacial score (nSPS) is 10.2. The van der Waals surface area contributed by atoms with Crippen molar-refractivity contribution in [2.75, 3.05) is 5.73 Å². The fraction of sp³-hybridized carbons (Fsp3) is 0.133. The van der Waals surface area contributed by atoms with Crippen molar-refractivity contribution in [1.29, 1.82) is 0 Å². The molecule has 0 bridgehead atoms. The molecule has 98 valence electrons. The molecule has 0 aliphatic carbocycles. The standard InChI is InChI=1S/C15H16N2O2/c1-10-12(6-4-8-14(10)18)15(19)17-9-11-5-2-3-7-13(11)16/h2-8,18H,9,16H2,1H3,(H,17,19). The number of hydrogen-bond donors (Lipinski definition) is 3. The minimum absolute atomic E-state index is 0.117. The fourth-order valence-corrected chi connectivity index (χ4v) is 1.84. The molecule has 1 amide bonds. The van der Waals surface area contributed by atoms with Gasteiger partial charge in [0.05, 0.1) is 0 Å². The van der Waals surface area contributed by atoms with Crippen LogP contribution in [0.25, 0.3) is 0 Å². The topological polar surface area (TPSA) is 75.3 Å². The van der Waals surface area contributed by atoms with E-state index in [1.807, 2.05) is 18.2 Å². The van der Waals surface area contributed by atoms with Crippen molar-refractivity contribution in [2.24, 2.45) is 0 Å². The zero-order chi connectivity index (χ0) is 13.8. The van der Waals surface area contributed by atoms with Crippen molar-refractivity contribution in [1.82, 2.24) is 5.32 Å². The Hall–Kier alpha value is -2.49. The predicted octanol–water partition coefficient (Wildman–Crippen LogP) is 2.21. The van der Waals surface area contributed by atoms with Crippen LogP contribution in [0.15, 0.2) is 42.5 Å². The van der Waals surface area contributed by atoms with Gasteiger partial charge in [0.2, 0.25) is 0 Å². The Morgan fingerprint density at radius 1 is 1.21 bits per heavy atom. The smallest absolute Gasteiger partial charge is 0.251 e. The number of hydrogen-bond acceptors (Lipinski definition) is 3. The van der Waals surface area contributed by atoms with Gasteiger partial charge in [-0.1, -0.05) is 24.3 Å². The second kappa shape index (κ2) is 5.44. The molecule has 0 fully saturated rings. The number of rotatable bonds is 3. The van der Waals surface area contributed by atoms with Crippen molar-refractivity contribution in [3.8, 4) is 5.75 Å². The Balaban J connectivity index is 2.10. The molecule has 2 aromatic carbocycles. The van der Waals surface area contributed by atoms with Crippen molar-refractivity contribution in [3.05, 3.63) is 59.2 Å². The highest BCUT2D eigenvalue weighted by molar-refractivity contribution is 5.96. The molecule has 0 spiro atoms. The summed E-state index contributed by atoms with van der Waals surface area (Å²) in [6, 6.07) is 12.3. The van der Waals surface area contributed by atoms with E-state index in [0.717, 1.165) is 5.56 Å². The molecular weight excluding hydrogens is 240 g/mol. The number of amides is 1. The van der Waals surface area contributed by atoms with E-state index in [4.69, 9.17) is 5.73 Å². The SMILES string of the molecule is Cc1c(O)cccc1C(=O)NCc1ccccc1N. The third-order valence-corrected chi connectivity index (χ3v) is 3.04. The number of nitrogens with one attached hydrogen (secondary N) is 1. The average Bonchev–Trinajstić information content (AvgIpc) is 2.40. The van der Waals surface area contributed by atoms with Crippen LogP contribution in [0, 0.1) is 6.92 Å². The van der Waals surface area contributed by atoms with E-state index >= 15 is 0 Å². The molecule has 0 saturated carbocycles. The largest absolute Gasteiger partial charge is 0.508 e. The second-order valence-electron chi connectivity index (χ2n) is 4.33. The number of nitrogens with two attached hydrogens (primary N) is 1. The predicted molar refractivity (Wildman–Crippen MR) is 74.9 cm³/mol. The first-order valence-electron chi connectivity index (χ1n) is 5.99. The number of carbonyl (C=O) groups is 1. The first kappa shape index (κ1) is 13.0. The summed E-state index contributed by atoms with van der Waals surface area (Å²) in [6.45, 7) is 2.07. The van der Waals surface area contributed by atoms with Crippen molar-refractivity contribution in [2.45, 2.75) is 13.5 Å². The Morgan fingerprint density at radius 3 is 2.68 bits per heavy atom. The summed E-state index contributed by atoms with van der Waals surface area (Å²) in [6.07, 6.45) is 0. The zero-order valence-electron chi connectivity index (χ0n) is 10.7. The third kappa shape index (κ3) is 2.85. The van der Waals surface area contributed by atoms with Gasteiger partial charge in [-0.25, -0.2) is 0 Å². The molecular formula is C15H16N2O2. The average molecular weight is 256 g/mol. The van der Waals surface area contributed by atoms with E-state index in [1.54, 1.807) is 31.2 Å². The molecule has 0 saturated heterocycles. The molecule has 4 N–H and O–H groups in total. The molecule has 4 nitrogen and oxygen atoms in total. The number of nitrogen functional groups attached to an aromatic ring is 1. The van der Waals surface area contributed by atoms with Crippen LogP contribution < -0.4 is 11.1 Å². The molecule has 19 heavy (non-hydrogen) atoms. The highest BCUT2D eigenvalue weighted by Crippen LogP contribution is 2.19. The molecule has 0 aliphatic rings. The van der Waals surface area contributed by atoms with Gasteiger partial charge in [0.25, 0.3) is 5.91 Å². The molecule has 4 heteroatoms. The maximum atomic E-state index is 12.0. The zero-order valence-corrected chi connectivity index (χ0v) is 10.7. The molecule has 2 rings (SSSR count). The van der Waals surface area contributed by atoms with Crippen LogP contribution in [0.3, 0.4) is 0 Å². The number of benzene rings is 2. The molecule has 0 aliphatic heterocycles. The van der Waals surface area contributed by atoms with E-state index in [-0.39, 0.29) is 11.7 Å². The van der Waals surface area contributed by atoms with Crippen LogP contribution in [0.4, 0.5) is 5.69 Å². The summed E-state index contributed by atoms with van der Waals surface area (Å²) in [4.78, 5) is 12.0. The van der Waals surface area contributed by atoms with Crippen molar-refractivity contribution < 1.29 is 9.90 Å². The number of phenols is 1. The molecule has 2 aromatic rings. The highest BCUT2D eigenvalue weighted by atomic mass is 16.3. The lowest BCUT2D eigenvalue weighted by molar-refractivity contribution is 0.0950. The van der Waals surface area contributed by atoms with Gasteiger partial charge in [-0.2, -0.15) is 0 Å². The minimum Gasteiger partial charge on any atom is -0.508 e. The molecule has 0 aromatic heterocycles. The summed E-state index contributed by atoms with van der Waals surface area (Å²) in [5.74, 6) is -0.108. The number of phenolic OH excluding ortho intramolecular Hbond substituents is 1. The van der Waals surface area contributed by atoms with E-state index in [9.17, 15) is 9.90 Å². The first-order chi connectivity index (χ1) is 9.09. The summed E-state index contributed by atoms with van der Waals surface area (Å²) < 4.78 is 0. The lowest BCUT2D eigenvalue weighted by atomic mass is 10.1. The maximum Gasteiger partial charge on any atom is 0.251 e. The summed E-state index contributed by atoms with van der Waals surface area (Å²) in [7, 11) is 0. The lowest BCUT2D eigenvalue weighted by Crippen LogP contribution is -2.24. The number of para-hydroxylation sites is 1. The molecule has 0 atom stereocenters. The van der Waals surface area contributed by atoms with E-state index < -0.39 is 0 Å². The van der Waals surface area contributed by atoms with Crippen molar-refractivity contribution >= 4 is 11.6 Å². The van der Waals surface area contributed by atoms with Gasteiger partial charge in [0.15, 0.2) is 0 Å². The summed E-state index contributed by atoms with van der Waals surface area (Å²) >= 11 is 0.